The van der Waals surface area contributed by atoms with E-state index in [0.29, 0.717) is 5.75 Å². The summed E-state index contributed by atoms with van der Waals surface area (Å²) in [7, 11) is 1.61. The second kappa shape index (κ2) is 9.01. The zero-order chi connectivity index (χ0) is 19.1. The average molecular weight is 361 g/mol. The van der Waals surface area contributed by atoms with Crippen molar-refractivity contribution in [3.05, 3.63) is 95.6 Å². The maximum absolute atomic E-state index is 13.0. The lowest BCUT2D eigenvalue weighted by Crippen LogP contribution is -2.85. The number of rotatable bonds is 7. The molecule has 0 aliphatic carbocycles. The number of benzene rings is 3. The number of nitrogens with two attached hydrogens (primary N) is 1. The lowest BCUT2D eigenvalue weighted by Gasteiger charge is -2.17. The third-order valence-electron chi connectivity index (χ3n) is 4.61. The average Bonchev–Trinajstić information content (AvgIpc) is 2.70. The van der Waals surface area contributed by atoms with Gasteiger partial charge in [0, 0.05) is 22.9 Å². The van der Waals surface area contributed by atoms with Gasteiger partial charge in [0.1, 0.15) is 12.3 Å². The van der Waals surface area contributed by atoms with E-state index in [2.05, 4.69) is 29.7 Å². The number of carbonyl (C=O) groups is 1. The van der Waals surface area contributed by atoms with Crippen molar-refractivity contribution in [2.45, 2.75) is 19.5 Å². The van der Waals surface area contributed by atoms with E-state index in [0.717, 1.165) is 17.8 Å². The Hall–Kier alpha value is -3.11. The van der Waals surface area contributed by atoms with Gasteiger partial charge in [-0.1, -0.05) is 60.7 Å². The highest BCUT2D eigenvalue weighted by molar-refractivity contribution is 5.94. The minimum atomic E-state index is -0.336. The van der Waals surface area contributed by atoms with Gasteiger partial charge >= 0.3 is 0 Å². The Morgan fingerprint density at radius 3 is 2.48 bits per heavy atom. The summed E-state index contributed by atoms with van der Waals surface area (Å²) < 4.78 is 5.24. The van der Waals surface area contributed by atoms with Crippen molar-refractivity contribution in [1.29, 1.82) is 0 Å². The Kier molecular flexibility index (Phi) is 6.23. The highest BCUT2D eigenvalue weighted by Crippen LogP contribution is 2.18. The second-order valence-electron chi connectivity index (χ2n) is 6.48. The summed E-state index contributed by atoms with van der Waals surface area (Å²) in [6, 6.07) is 25.2. The molecule has 0 spiro atoms. The van der Waals surface area contributed by atoms with Crippen LogP contribution in [0, 0.1) is 6.92 Å². The van der Waals surface area contributed by atoms with Gasteiger partial charge in [-0.15, -0.1) is 0 Å². The molecule has 1 atom stereocenters. The van der Waals surface area contributed by atoms with Crippen LogP contribution >= 0.6 is 0 Å². The van der Waals surface area contributed by atoms with Crippen LogP contribution in [-0.2, 0) is 11.3 Å². The van der Waals surface area contributed by atoms with Gasteiger partial charge < -0.3 is 15.4 Å². The fourth-order valence-electron chi connectivity index (χ4n) is 3.06. The van der Waals surface area contributed by atoms with Crippen LogP contribution in [0.5, 0.6) is 5.75 Å². The first-order chi connectivity index (χ1) is 13.2. The van der Waals surface area contributed by atoms with Gasteiger partial charge in [0.2, 0.25) is 0 Å². The molecule has 0 saturated heterocycles. The largest absolute Gasteiger partial charge is 0.497 e. The molecule has 0 saturated carbocycles. The molecule has 0 bridgehead atoms. The molecular formula is C23H25N2O2+. The maximum atomic E-state index is 13.0. The van der Waals surface area contributed by atoms with Gasteiger partial charge in [-0.25, -0.2) is 0 Å². The van der Waals surface area contributed by atoms with Gasteiger partial charge in [-0.2, -0.15) is 0 Å². The Morgan fingerprint density at radius 2 is 1.74 bits per heavy atom. The molecule has 3 rings (SSSR count). The number of quaternary nitrogens is 1. The molecular weight excluding hydrogens is 336 g/mol. The van der Waals surface area contributed by atoms with E-state index >= 15 is 0 Å². The molecule has 27 heavy (non-hydrogen) atoms. The molecule has 3 aromatic carbocycles. The summed E-state index contributed by atoms with van der Waals surface area (Å²) >= 11 is 0. The number of hydrogen-bond acceptors (Lipinski definition) is 2. The van der Waals surface area contributed by atoms with Crippen molar-refractivity contribution < 1.29 is 14.8 Å². The fraction of sp³-hybridized carbons (Fsp3) is 0.174. The normalized spacial score (nSPS) is 11.6. The number of ether oxygens (including phenoxy) is 1. The molecule has 138 valence electrons. The molecule has 3 N–H and O–H groups in total. The first kappa shape index (κ1) is 18.7. The molecule has 4 nitrogen and oxygen atoms in total. The van der Waals surface area contributed by atoms with Crippen LogP contribution < -0.4 is 15.4 Å². The Morgan fingerprint density at radius 1 is 1.00 bits per heavy atom. The third-order valence-corrected chi connectivity index (χ3v) is 4.61. The number of amides is 1. The molecule has 3 aromatic rings. The van der Waals surface area contributed by atoms with E-state index in [1.807, 2.05) is 66.7 Å². The standard InChI is InChI=1S/C23H24N2O2/c1-17-9-6-7-12-19(17)16-24-22(18-10-4-3-5-11-18)23(26)25-20-13-8-14-21(15-20)27-2/h3-15,22,24H,16H2,1-2H3,(H,25,26)/p+1/t22-/m0/s1. The minimum Gasteiger partial charge on any atom is -0.497 e. The monoisotopic (exact) mass is 361 g/mol. The third kappa shape index (κ3) is 4.96. The summed E-state index contributed by atoms with van der Waals surface area (Å²) in [5.41, 5.74) is 4.16. The highest BCUT2D eigenvalue weighted by atomic mass is 16.5. The zero-order valence-electron chi connectivity index (χ0n) is 15.7. The van der Waals surface area contributed by atoms with Crippen LogP contribution in [0.1, 0.15) is 22.7 Å². The zero-order valence-corrected chi connectivity index (χ0v) is 15.7. The number of nitrogens with one attached hydrogen (secondary N) is 1. The molecule has 0 aliphatic heterocycles. The predicted molar refractivity (Wildman–Crippen MR) is 108 cm³/mol. The molecule has 0 fully saturated rings. The van der Waals surface area contributed by atoms with Crippen molar-refractivity contribution in [2.24, 2.45) is 0 Å². The Balaban J connectivity index is 1.79. The van der Waals surface area contributed by atoms with Crippen molar-refractivity contribution >= 4 is 11.6 Å². The topological polar surface area (TPSA) is 54.9 Å². The molecule has 0 aliphatic rings. The van der Waals surface area contributed by atoms with Crippen LogP contribution in [0.2, 0.25) is 0 Å². The smallest absolute Gasteiger partial charge is 0.287 e. The summed E-state index contributed by atoms with van der Waals surface area (Å²) in [6.45, 7) is 2.83. The predicted octanol–water partition coefficient (Wildman–Crippen LogP) is 3.45. The fourth-order valence-corrected chi connectivity index (χ4v) is 3.06. The molecule has 0 aromatic heterocycles. The SMILES string of the molecule is COc1cccc(NC(=O)[C@@H]([NH2+]Cc2ccccc2C)c2ccccc2)c1. The van der Waals surface area contributed by atoms with E-state index in [1.54, 1.807) is 7.11 Å². The highest BCUT2D eigenvalue weighted by Gasteiger charge is 2.24. The molecule has 0 heterocycles. The summed E-state index contributed by atoms with van der Waals surface area (Å²) in [4.78, 5) is 13.0. The molecule has 0 unspecified atom stereocenters. The summed E-state index contributed by atoms with van der Waals surface area (Å²) in [5.74, 6) is 0.663. The second-order valence-corrected chi connectivity index (χ2v) is 6.48. The number of carbonyl (C=O) groups excluding carboxylic acids is 1. The number of methoxy groups -OCH3 is 1. The van der Waals surface area contributed by atoms with Gasteiger partial charge in [-0.05, 0) is 24.6 Å². The quantitative estimate of drug-likeness (QED) is 0.677. The van der Waals surface area contributed by atoms with E-state index in [9.17, 15) is 4.79 Å². The van der Waals surface area contributed by atoms with Gasteiger partial charge in [0.05, 0.1) is 7.11 Å². The van der Waals surface area contributed by atoms with Crippen LogP contribution in [0.4, 0.5) is 5.69 Å². The van der Waals surface area contributed by atoms with E-state index in [-0.39, 0.29) is 11.9 Å². The minimum absolute atomic E-state index is 0.0527. The molecule has 0 radical (unpaired) electrons. The van der Waals surface area contributed by atoms with Crippen molar-refractivity contribution in [3.63, 3.8) is 0 Å². The molecule has 4 heteroatoms. The van der Waals surface area contributed by atoms with Gasteiger partial charge in [0.15, 0.2) is 6.04 Å². The van der Waals surface area contributed by atoms with Crippen LogP contribution in [0.15, 0.2) is 78.9 Å². The lowest BCUT2D eigenvalue weighted by atomic mass is 10.0. The number of aryl methyl sites for hydroxylation is 1. The van der Waals surface area contributed by atoms with Crippen molar-refractivity contribution in [1.82, 2.24) is 0 Å². The van der Waals surface area contributed by atoms with Crippen molar-refractivity contribution in [3.8, 4) is 5.75 Å². The van der Waals surface area contributed by atoms with Gasteiger partial charge in [-0.3, -0.25) is 4.79 Å². The number of anilines is 1. The van der Waals surface area contributed by atoms with Crippen LogP contribution in [0.3, 0.4) is 0 Å². The summed E-state index contributed by atoms with van der Waals surface area (Å²) in [5, 5.41) is 5.09. The van der Waals surface area contributed by atoms with E-state index in [1.165, 1.54) is 11.1 Å². The Bertz CT molecular complexity index is 894. The molecule has 1 amide bonds. The first-order valence-corrected chi connectivity index (χ1v) is 9.05. The first-order valence-electron chi connectivity index (χ1n) is 9.05. The van der Waals surface area contributed by atoms with Crippen LogP contribution in [-0.4, -0.2) is 13.0 Å². The van der Waals surface area contributed by atoms with Crippen molar-refractivity contribution in [2.75, 3.05) is 12.4 Å². The lowest BCUT2D eigenvalue weighted by molar-refractivity contribution is -0.697. The Labute approximate surface area is 160 Å². The number of hydrogen-bond donors (Lipinski definition) is 2. The van der Waals surface area contributed by atoms with E-state index in [4.69, 9.17) is 4.74 Å². The maximum Gasteiger partial charge on any atom is 0.287 e. The van der Waals surface area contributed by atoms with Gasteiger partial charge in [0.25, 0.3) is 5.91 Å². The van der Waals surface area contributed by atoms with E-state index < -0.39 is 0 Å². The summed E-state index contributed by atoms with van der Waals surface area (Å²) in [6.07, 6.45) is 0. The van der Waals surface area contributed by atoms with Crippen LogP contribution in [0.25, 0.3) is 0 Å².